The second kappa shape index (κ2) is 5.71. The molecule has 3 N–H and O–H groups in total. The van der Waals surface area contributed by atoms with Crippen LogP contribution in [0.15, 0.2) is 47.4 Å². The highest BCUT2D eigenvalue weighted by Crippen LogP contribution is 2.43. The van der Waals surface area contributed by atoms with Crippen LogP contribution in [0.2, 0.25) is 0 Å². The van der Waals surface area contributed by atoms with E-state index in [0.717, 1.165) is 18.2 Å². The molecule has 1 aliphatic carbocycles. The highest BCUT2D eigenvalue weighted by Gasteiger charge is 2.54. The van der Waals surface area contributed by atoms with Crippen LogP contribution in [0.5, 0.6) is 5.75 Å². The van der Waals surface area contributed by atoms with Crippen LogP contribution in [0, 0.1) is 0 Å². The molecule has 7 nitrogen and oxygen atoms in total. The summed E-state index contributed by atoms with van der Waals surface area (Å²) < 4.78 is 73.6. The molecule has 1 aliphatic rings. The average molecular weight is 363 g/mol. The largest absolute Gasteiger partial charge is 0.497 e. The van der Waals surface area contributed by atoms with Gasteiger partial charge in [0.2, 0.25) is 10.0 Å². The first kappa shape index (κ1) is 17.6. The van der Waals surface area contributed by atoms with Gasteiger partial charge >= 0.3 is 0 Å². The molecule has 23 heavy (non-hydrogen) atoms. The summed E-state index contributed by atoms with van der Waals surface area (Å²) >= 11 is 0. The molecule has 1 aromatic carbocycles. The standard InChI is InChI=1S/C13H14FNO6S2/c1-21-10-6-4-9(5-7-10)13(23(18,19)20)8-2-3-11(12(13)14)22(15,16)17/h2-8,12H,1H3,(H2,15,16,17)(H,18,19,20). The maximum absolute atomic E-state index is 14.9. The number of primary sulfonamides is 1. The molecule has 0 saturated heterocycles. The van der Waals surface area contributed by atoms with Crippen molar-refractivity contribution in [1.82, 2.24) is 0 Å². The lowest BCUT2D eigenvalue weighted by atomic mass is 9.89. The predicted octanol–water partition coefficient (Wildman–Crippen LogP) is 0.859. The van der Waals surface area contributed by atoms with Crippen LogP contribution in [0.3, 0.4) is 0 Å². The smallest absolute Gasteiger partial charge is 0.281 e. The van der Waals surface area contributed by atoms with Gasteiger partial charge < -0.3 is 4.74 Å². The molecule has 10 heteroatoms. The molecule has 126 valence electrons. The molecule has 0 fully saturated rings. The van der Waals surface area contributed by atoms with Crippen LogP contribution in [-0.4, -0.2) is 34.7 Å². The molecule has 0 amide bonds. The maximum Gasteiger partial charge on any atom is 0.281 e. The van der Waals surface area contributed by atoms with E-state index in [9.17, 15) is 25.8 Å². The second-order valence-corrected chi connectivity index (χ2v) is 8.02. The fourth-order valence-electron chi connectivity index (χ4n) is 2.36. The molecule has 2 rings (SSSR count). The van der Waals surface area contributed by atoms with Gasteiger partial charge in [-0.2, -0.15) is 8.42 Å². The van der Waals surface area contributed by atoms with E-state index in [4.69, 9.17) is 9.88 Å². The molecular weight excluding hydrogens is 349 g/mol. The van der Waals surface area contributed by atoms with Gasteiger partial charge in [0.1, 0.15) is 5.75 Å². The highest BCUT2D eigenvalue weighted by molar-refractivity contribution is 7.93. The number of hydrogen-bond donors (Lipinski definition) is 2. The van der Waals surface area contributed by atoms with E-state index < -0.39 is 36.0 Å². The molecule has 0 radical (unpaired) electrons. The van der Waals surface area contributed by atoms with Crippen LogP contribution in [0.25, 0.3) is 0 Å². The molecule has 0 saturated carbocycles. The SMILES string of the molecule is COc1ccc(C2(S(=O)(=O)O)C=CC=C(S(N)(=O)=O)C2F)cc1. The summed E-state index contributed by atoms with van der Waals surface area (Å²) in [7, 11) is -8.18. The number of rotatable bonds is 4. The summed E-state index contributed by atoms with van der Waals surface area (Å²) in [5, 5.41) is 4.92. The van der Waals surface area contributed by atoms with E-state index in [-0.39, 0.29) is 5.56 Å². The molecule has 0 aliphatic heterocycles. The van der Waals surface area contributed by atoms with Gasteiger partial charge in [0.05, 0.1) is 12.0 Å². The van der Waals surface area contributed by atoms with Crippen molar-refractivity contribution in [3.8, 4) is 5.75 Å². The highest BCUT2D eigenvalue weighted by atomic mass is 32.2. The van der Waals surface area contributed by atoms with Gasteiger partial charge in [-0.25, -0.2) is 17.9 Å². The van der Waals surface area contributed by atoms with Gasteiger partial charge in [-0.05, 0) is 23.8 Å². The zero-order valence-electron chi connectivity index (χ0n) is 11.9. The van der Waals surface area contributed by atoms with Crippen molar-refractivity contribution >= 4 is 20.1 Å². The van der Waals surface area contributed by atoms with E-state index in [1.807, 2.05) is 0 Å². The van der Waals surface area contributed by atoms with Crippen LogP contribution in [-0.2, 0) is 24.9 Å². The Bertz CT molecular complexity index is 874. The van der Waals surface area contributed by atoms with E-state index in [1.54, 1.807) is 0 Å². The molecule has 1 aromatic rings. The molecule has 2 unspecified atom stereocenters. The maximum atomic E-state index is 14.9. The number of benzene rings is 1. The Morgan fingerprint density at radius 1 is 1.22 bits per heavy atom. The third-order valence-corrected chi connectivity index (χ3v) is 5.96. The van der Waals surface area contributed by atoms with Gasteiger partial charge in [0, 0.05) is 0 Å². The van der Waals surface area contributed by atoms with Crippen LogP contribution in [0.1, 0.15) is 5.56 Å². The number of nitrogens with two attached hydrogens (primary N) is 1. The first-order chi connectivity index (χ1) is 10.5. The van der Waals surface area contributed by atoms with Gasteiger partial charge in [-0.3, -0.25) is 4.55 Å². The van der Waals surface area contributed by atoms with Crippen LogP contribution >= 0.6 is 0 Å². The summed E-state index contributed by atoms with van der Waals surface area (Å²) in [6, 6.07) is 5.15. The molecular formula is C13H14FNO6S2. The summed E-state index contributed by atoms with van der Waals surface area (Å²) in [5.41, 5.74) is -0.168. The Labute approximate surface area is 133 Å². The van der Waals surface area contributed by atoms with Crippen LogP contribution < -0.4 is 9.88 Å². The first-order valence-electron chi connectivity index (χ1n) is 6.22. The van der Waals surface area contributed by atoms with Crippen molar-refractivity contribution < 1.29 is 30.5 Å². The summed E-state index contributed by atoms with van der Waals surface area (Å²) in [6.07, 6.45) is 0.149. The Kier molecular flexibility index (Phi) is 4.37. The van der Waals surface area contributed by atoms with E-state index in [2.05, 4.69) is 0 Å². The Balaban J connectivity index is 2.73. The summed E-state index contributed by atoms with van der Waals surface area (Å²) in [6.45, 7) is 0. The number of halogens is 1. The fraction of sp³-hybridized carbons (Fsp3) is 0.231. The molecule has 0 spiro atoms. The molecule has 0 heterocycles. The number of methoxy groups -OCH3 is 1. The quantitative estimate of drug-likeness (QED) is 0.765. The molecule has 0 aromatic heterocycles. The normalized spacial score (nSPS) is 25.0. The van der Waals surface area contributed by atoms with Crippen molar-refractivity contribution in [2.24, 2.45) is 5.14 Å². The number of allylic oxidation sites excluding steroid dienone is 3. The van der Waals surface area contributed by atoms with Crippen molar-refractivity contribution in [2.75, 3.05) is 7.11 Å². The third-order valence-electron chi connectivity index (χ3n) is 3.53. The second-order valence-electron chi connectivity index (χ2n) is 4.83. The Morgan fingerprint density at radius 2 is 1.78 bits per heavy atom. The lowest BCUT2D eigenvalue weighted by Gasteiger charge is -2.33. The van der Waals surface area contributed by atoms with Gasteiger partial charge in [0.15, 0.2) is 10.9 Å². The molecule has 0 bridgehead atoms. The van der Waals surface area contributed by atoms with Crippen molar-refractivity contribution in [2.45, 2.75) is 10.9 Å². The minimum Gasteiger partial charge on any atom is -0.497 e. The number of sulfonamides is 1. The Hall–Kier alpha value is -1.75. The first-order valence-corrected chi connectivity index (χ1v) is 9.20. The zero-order chi connectivity index (χ0) is 17.5. The van der Waals surface area contributed by atoms with E-state index in [0.29, 0.717) is 5.75 Å². The Morgan fingerprint density at radius 3 is 2.22 bits per heavy atom. The lowest BCUT2D eigenvalue weighted by molar-refractivity contribution is 0.309. The average Bonchev–Trinajstić information content (AvgIpc) is 2.45. The number of ether oxygens (including phenoxy) is 1. The van der Waals surface area contributed by atoms with Gasteiger partial charge in [0.25, 0.3) is 10.1 Å². The zero-order valence-corrected chi connectivity index (χ0v) is 13.5. The minimum absolute atomic E-state index is 0.168. The van der Waals surface area contributed by atoms with Crippen molar-refractivity contribution in [3.63, 3.8) is 0 Å². The van der Waals surface area contributed by atoms with Gasteiger partial charge in [-0.15, -0.1) is 0 Å². The van der Waals surface area contributed by atoms with E-state index >= 15 is 0 Å². The number of alkyl halides is 1. The fourth-order valence-corrected chi connectivity index (χ4v) is 4.26. The third kappa shape index (κ3) is 2.90. The van der Waals surface area contributed by atoms with Gasteiger partial charge in [-0.1, -0.05) is 24.3 Å². The van der Waals surface area contributed by atoms with Crippen molar-refractivity contribution in [3.05, 3.63) is 53.0 Å². The van der Waals surface area contributed by atoms with Crippen LogP contribution in [0.4, 0.5) is 4.39 Å². The topological polar surface area (TPSA) is 124 Å². The van der Waals surface area contributed by atoms with E-state index in [1.165, 1.54) is 31.4 Å². The number of hydrogen-bond acceptors (Lipinski definition) is 5. The summed E-state index contributed by atoms with van der Waals surface area (Å²) in [4.78, 5) is -0.937. The summed E-state index contributed by atoms with van der Waals surface area (Å²) in [5.74, 6) is 0.372. The minimum atomic E-state index is -5.07. The monoisotopic (exact) mass is 363 g/mol. The lowest BCUT2D eigenvalue weighted by Crippen LogP contribution is -2.46. The predicted molar refractivity (Wildman–Crippen MR) is 81.4 cm³/mol. The molecule has 2 atom stereocenters. The van der Waals surface area contributed by atoms with Crippen molar-refractivity contribution in [1.29, 1.82) is 0 Å².